The Balaban J connectivity index is 1.89. The number of rotatable bonds is 6. The van der Waals surface area contributed by atoms with Crippen LogP contribution >= 0.6 is 0 Å². The second-order valence-corrected chi connectivity index (χ2v) is 10.1. The maximum absolute atomic E-state index is 11.0. The van der Waals surface area contributed by atoms with Gasteiger partial charge in [0.2, 0.25) is 0 Å². The van der Waals surface area contributed by atoms with Gasteiger partial charge >= 0.3 is 0 Å². The fourth-order valence-corrected chi connectivity index (χ4v) is 5.54. The molecule has 1 heterocycles. The highest BCUT2D eigenvalue weighted by Gasteiger charge is 2.47. The first-order valence-corrected chi connectivity index (χ1v) is 11.3. The highest BCUT2D eigenvalue weighted by Crippen LogP contribution is 2.55. The molecule has 2 nitrogen and oxygen atoms in total. The first-order chi connectivity index (χ1) is 12.7. The van der Waals surface area contributed by atoms with Gasteiger partial charge in [0.1, 0.15) is 17.1 Å². The van der Waals surface area contributed by atoms with E-state index in [4.69, 9.17) is 4.74 Å². The van der Waals surface area contributed by atoms with Gasteiger partial charge in [-0.3, -0.25) is 0 Å². The molecule has 0 spiro atoms. The van der Waals surface area contributed by atoms with Gasteiger partial charge in [0.05, 0.1) is 0 Å². The lowest BCUT2D eigenvalue weighted by Gasteiger charge is -2.49. The molecule has 0 aromatic heterocycles. The van der Waals surface area contributed by atoms with E-state index in [1.165, 1.54) is 50.5 Å². The number of phenolic OH excluding ortho intramolecular Hbond substituents is 1. The van der Waals surface area contributed by atoms with Crippen LogP contribution in [0.4, 0.5) is 0 Å². The van der Waals surface area contributed by atoms with E-state index < -0.39 is 0 Å². The number of hydrogen-bond donors (Lipinski definition) is 1. The predicted octanol–water partition coefficient (Wildman–Crippen LogP) is 7.40. The molecule has 27 heavy (non-hydrogen) atoms. The summed E-state index contributed by atoms with van der Waals surface area (Å²) in [6, 6.07) is 4.28. The molecule has 3 rings (SSSR count). The first kappa shape index (κ1) is 20.6. The van der Waals surface area contributed by atoms with Crippen LogP contribution in [0.15, 0.2) is 12.1 Å². The highest BCUT2D eigenvalue weighted by atomic mass is 16.5. The Morgan fingerprint density at radius 3 is 2.63 bits per heavy atom. The average molecular weight is 373 g/mol. The number of ether oxygens (including phenoxy) is 1. The molecule has 1 aliphatic carbocycles. The monoisotopic (exact) mass is 372 g/mol. The van der Waals surface area contributed by atoms with Gasteiger partial charge in [-0.05, 0) is 68.1 Å². The minimum Gasteiger partial charge on any atom is -0.508 e. The molecule has 5 atom stereocenters. The second-order valence-electron chi connectivity index (χ2n) is 10.1. The summed E-state index contributed by atoms with van der Waals surface area (Å²) >= 11 is 0. The lowest BCUT2D eigenvalue weighted by molar-refractivity contribution is -0.0146. The Kier molecular flexibility index (Phi) is 6.13. The average Bonchev–Trinajstić information content (AvgIpc) is 2.59. The molecular formula is C25H40O2. The number of fused-ring (bicyclic) bond motifs is 3. The van der Waals surface area contributed by atoms with Crippen molar-refractivity contribution in [1.82, 2.24) is 0 Å². The maximum Gasteiger partial charge on any atom is 0.127 e. The summed E-state index contributed by atoms with van der Waals surface area (Å²) in [5, 5.41) is 11.0. The zero-order valence-electron chi connectivity index (χ0n) is 18.3. The van der Waals surface area contributed by atoms with E-state index in [2.05, 4.69) is 47.6 Å². The summed E-state index contributed by atoms with van der Waals surface area (Å²) < 4.78 is 6.51. The van der Waals surface area contributed by atoms with Gasteiger partial charge in [-0.1, -0.05) is 59.8 Å². The van der Waals surface area contributed by atoms with Crippen molar-refractivity contribution < 1.29 is 9.84 Å². The SMILES string of the molecule is CCCCCC(C)C(C)c1cc(O)c2c(c1)OC(C)(C)[C@@H]1CCC(C)C[C@@H]21. The molecule has 1 aromatic rings. The molecule has 2 heteroatoms. The summed E-state index contributed by atoms with van der Waals surface area (Å²) in [4.78, 5) is 0. The van der Waals surface area contributed by atoms with E-state index in [-0.39, 0.29) is 5.60 Å². The molecule has 152 valence electrons. The molecule has 1 aliphatic heterocycles. The van der Waals surface area contributed by atoms with Crippen LogP contribution in [0.1, 0.15) is 109 Å². The highest BCUT2D eigenvalue weighted by molar-refractivity contribution is 5.52. The van der Waals surface area contributed by atoms with Crippen molar-refractivity contribution in [3.05, 3.63) is 23.3 Å². The Morgan fingerprint density at radius 2 is 1.93 bits per heavy atom. The number of hydrogen-bond acceptors (Lipinski definition) is 2. The summed E-state index contributed by atoms with van der Waals surface area (Å²) in [7, 11) is 0. The van der Waals surface area contributed by atoms with Crippen molar-refractivity contribution in [1.29, 1.82) is 0 Å². The third-order valence-electron chi connectivity index (χ3n) is 7.53. The van der Waals surface area contributed by atoms with Crippen LogP contribution in [0.25, 0.3) is 0 Å². The van der Waals surface area contributed by atoms with Crippen LogP contribution in [0, 0.1) is 17.8 Å². The molecule has 3 unspecified atom stereocenters. The van der Waals surface area contributed by atoms with E-state index >= 15 is 0 Å². The van der Waals surface area contributed by atoms with Gasteiger partial charge < -0.3 is 9.84 Å². The number of phenols is 1. The Labute approximate surface area is 166 Å². The molecule has 1 aromatic carbocycles. The third kappa shape index (κ3) is 4.15. The van der Waals surface area contributed by atoms with Crippen molar-refractivity contribution in [2.75, 3.05) is 0 Å². The molecule has 1 fully saturated rings. The van der Waals surface area contributed by atoms with E-state index in [0.717, 1.165) is 17.2 Å². The molecular weight excluding hydrogens is 332 g/mol. The van der Waals surface area contributed by atoms with Crippen molar-refractivity contribution in [2.45, 2.75) is 104 Å². The van der Waals surface area contributed by atoms with Gasteiger partial charge in [-0.15, -0.1) is 0 Å². The van der Waals surface area contributed by atoms with Gasteiger partial charge in [-0.2, -0.15) is 0 Å². The fraction of sp³-hybridized carbons (Fsp3) is 0.760. The molecule has 0 amide bonds. The van der Waals surface area contributed by atoms with Gasteiger partial charge in [-0.25, -0.2) is 0 Å². The lowest BCUT2D eigenvalue weighted by Crippen LogP contribution is -2.46. The van der Waals surface area contributed by atoms with E-state index in [0.29, 0.717) is 29.4 Å². The normalized spacial score (nSPS) is 28.6. The van der Waals surface area contributed by atoms with Crippen LogP contribution in [-0.4, -0.2) is 10.7 Å². The Bertz CT molecular complexity index is 648. The van der Waals surface area contributed by atoms with Crippen molar-refractivity contribution in [3.8, 4) is 11.5 Å². The smallest absolute Gasteiger partial charge is 0.127 e. The lowest BCUT2D eigenvalue weighted by atomic mass is 9.64. The zero-order chi connectivity index (χ0) is 19.8. The fourth-order valence-electron chi connectivity index (χ4n) is 5.54. The largest absolute Gasteiger partial charge is 0.508 e. The number of unbranched alkanes of at least 4 members (excludes halogenated alkanes) is 2. The van der Waals surface area contributed by atoms with E-state index in [1.54, 1.807) is 0 Å². The minimum atomic E-state index is -0.154. The van der Waals surface area contributed by atoms with Crippen molar-refractivity contribution in [2.24, 2.45) is 17.8 Å². The third-order valence-corrected chi connectivity index (χ3v) is 7.53. The molecule has 0 saturated heterocycles. The van der Waals surface area contributed by atoms with Crippen LogP contribution in [0.2, 0.25) is 0 Å². The second kappa shape index (κ2) is 8.05. The summed E-state index contributed by atoms with van der Waals surface area (Å²) in [6.45, 7) is 13.7. The van der Waals surface area contributed by atoms with Crippen LogP contribution in [0.3, 0.4) is 0 Å². The standard InChI is InChI=1S/C25H40O2/c1-7-8-9-10-17(3)18(4)19-14-22(26)24-20-13-16(2)11-12-21(20)25(5,6)27-23(24)15-19/h14-18,20-21,26H,7-13H2,1-6H3/t16?,17?,18?,20-,21-/m1/s1. The predicted molar refractivity (Wildman–Crippen MR) is 114 cm³/mol. The Morgan fingerprint density at radius 1 is 1.19 bits per heavy atom. The first-order valence-electron chi connectivity index (χ1n) is 11.3. The molecule has 1 saturated carbocycles. The van der Waals surface area contributed by atoms with Gasteiger partial charge in [0.25, 0.3) is 0 Å². The van der Waals surface area contributed by atoms with Crippen LogP contribution in [0.5, 0.6) is 11.5 Å². The molecule has 1 N–H and O–H groups in total. The van der Waals surface area contributed by atoms with Crippen LogP contribution < -0.4 is 4.74 Å². The summed E-state index contributed by atoms with van der Waals surface area (Å²) in [6.07, 6.45) is 8.76. The van der Waals surface area contributed by atoms with E-state index in [9.17, 15) is 5.11 Å². The van der Waals surface area contributed by atoms with Gasteiger partial charge in [0.15, 0.2) is 0 Å². The Hall–Kier alpha value is -1.18. The number of aromatic hydroxyl groups is 1. The quantitative estimate of drug-likeness (QED) is 0.527. The summed E-state index contributed by atoms with van der Waals surface area (Å²) in [5.74, 6) is 4.13. The van der Waals surface area contributed by atoms with Crippen LogP contribution in [-0.2, 0) is 0 Å². The van der Waals surface area contributed by atoms with Crippen molar-refractivity contribution >= 4 is 0 Å². The molecule has 2 aliphatic rings. The van der Waals surface area contributed by atoms with Gasteiger partial charge in [0, 0.05) is 11.5 Å². The van der Waals surface area contributed by atoms with Crippen molar-refractivity contribution in [3.63, 3.8) is 0 Å². The van der Waals surface area contributed by atoms with E-state index in [1.807, 2.05) is 6.07 Å². The topological polar surface area (TPSA) is 29.5 Å². The zero-order valence-corrected chi connectivity index (χ0v) is 18.3. The minimum absolute atomic E-state index is 0.154. The molecule has 0 bridgehead atoms. The maximum atomic E-state index is 11.0. The summed E-state index contributed by atoms with van der Waals surface area (Å²) in [5.41, 5.74) is 2.16. The molecule has 0 radical (unpaired) electrons. The number of benzene rings is 1.